The number of aryl methyl sites for hydroxylation is 1. The fourth-order valence-corrected chi connectivity index (χ4v) is 2.28. The molecule has 3 nitrogen and oxygen atoms in total. The average Bonchev–Trinajstić information content (AvgIpc) is 2.33. The van der Waals surface area contributed by atoms with Crippen molar-refractivity contribution >= 4 is 0 Å². The van der Waals surface area contributed by atoms with Crippen LogP contribution in [-0.2, 0) is 0 Å². The lowest BCUT2D eigenvalue weighted by Gasteiger charge is -2.23. The van der Waals surface area contributed by atoms with Gasteiger partial charge < -0.3 is 10.4 Å². The molecule has 0 aliphatic carbocycles. The van der Waals surface area contributed by atoms with E-state index in [9.17, 15) is 5.11 Å². The number of rotatable bonds is 1. The number of hydrogen-bond donors (Lipinski definition) is 2. The van der Waals surface area contributed by atoms with E-state index in [1.165, 1.54) is 5.56 Å². The van der Waals surface area contributed by atoms with Gasteiger partial charge in [0.05, 0.1) is 5.56 Å². The van der Waals surface area contributed by atoms with E-state index in [1.807, 2.05) is 25.1 Å². The smallest absolute Gasteiger partial charge is 0.136 e. The van der Waals surface area contributed by atoms with Gasteiger partial charge in [0.25, 0.3) is 0 Å². The summed E-state index contributed by atoms with van der Waals surface area (Å²) >= 11 is 0. The van der Waals surface area contributed by atoms with Gasteiger partial charge in [0.2, 0.25) is 0 Å². The predicted molar refractivity (Wildman–Crippen MR) is 62.4 cm³/mol. The van der Waals surface area contributed by atoms with E-state index in [0.717, 1.165) is 31.5 Å². The van der Waals surface area contributed by atoms with Gasteiger partial charge in [-0.1, -0.05) is 6.07 Å². The number of piperidine rings is 1. The van der Waals surface area contributed by atoms with Crippen LogP contribution >= 0.6 is 0 Å². The van der Waals surface area contributed by atoms with Crippen molar-refractivity contribution in [2.24, 2.45) is 0 Å². The number of aromatic hydroxyl groups is 1. The minimum absolute atomic E-state index is 0.125. The van der Waals surface area contributed by atoms with Gasteiger partial charge in [-0.15, -0.1) is 0 Å². The number of nitriles is 1. The predicted octanol–water partition coefficient (Wildman–Crippen LogP) is 2.04. The number of benzene rings is 1. The summed E-state index contributed by atoms with van der Waals surface area (Å²) in [4.78, 5) is 0. The molecular weight excluding hydrogens is 200 g/mol. The second kappa shape index (κ2) is 4.54. The van der Waals surface area contributed by atoms with Crippen LogP contribution in [0.25, 0.3) is 0 Å². The topological polar surface area (TPSA) is 56.0 Å². The Morgan fingerprint density at radius 3 is 2.69 bits per heavy atom. The average molecular weight is 216 g/mol. The lowest BCUT2D eigenvalue weighted by atomic mass is 9.88. The summed E-state index contributed by atoms with van der Waals surface area (Å²) in [6.45, 7) is 3.92. The highest BCUT2D eigenvalue weighted by atomic mass is 16.3. The van der Waals surface area contributed by atoms with Crippen molar-refractivity contribution in [3.05, 3.63) is 28.8 Å². The van der Waals surface area contributed by atoms with Crippen LogP contribution in [0.15, 0.2) is 12.1 Å². The van der Waals surface area contributed by atoms with E-state index >= 15 is 0 Å². The first-order chi connectivity index (χ1) is 7.72. The zero-order chi connectivity index (χ0) is 11.5. The van der Waals surface area contributed by atoms with Crippen LogP contribution in [0.4, 0.5) is 0 Å². The molecule has 1 aliphatic rings. The molecule has 1 heterocycles. The van der Waals surface area contributed by atoms with Crippen molar-refractivity contribution in [3.63, 3.8) is 0 Å². The van der Waals surface area contributed by atoms with Crippen LogP contribution in [0.5, 0.6) is 5.75 Å². The molecule has 0 bridgehead atoms. The molecule has 0 atom stereocenters. The second-order valence-corrected chi connectivity index (χ2v) is 4.37. The summed E-state index contributed by atoms with van der Waals surface area (Å²) in [7, 11) is 0. The second-order valence-electron chi connectivity index (χ2n) is 4.37. The van der Waals surface area contributed by atoms with Crippen LogP contribution in [0.3, 0.4) is 0 Å². The van der Waals surface area contributed by atoms with Gasteiger partial charge in [0.1, 0.15) is 11.8 Å². The normalized spacial score (nSPS) is 17.0. The number of phenolic OH excluding ortho intramolecular Hbond substituents is 1. The van der Waals surface area contributed by atoms with Gasteiger partial charge in [-0.3, -0.25) is 0 Å². The van der Waals surface area contributed by atoms with Crippen molar-refractivity contribution in [3.8, 4) is 11.8 Å². The molecule has 1 aromatic carbocycles. The van der Waals surface area contributed by atoms with Gasteiger partial charge in [0.15, 0.2) is 0 Å². The summed E-state index contributed by atoms with van der Waals surface area (Å²) in [5.74, 6) is 0.646. The Kier molecular flexibility index (Phi) is 3.12. The van der Waals surface area contributed by atoms with E-state index in [2.05, 4.69) is 5.32 Å². The first-order valence-corrected chi connectivity index (χ1v) is 5.66. The maximum Gasteiger partial charge on any atom is 0.136 e. The van der Waals surface area contributed by atoms with Crippen LogP contribution < -0.4 is 5.32 Å². The van der Waals surface area contributed by atoms with Gasteiger partial charge in [0, 0.05) is 0 Å². The zero-order valence-electron chi connectivity index (χ0n) is 9.45. The Balaban J connectivity index is 2.34. The zero-order valence-corrected chi connectivity index (χ0v) is 9.45. The lowest BCUT2D eigenvalue weighted by Crippen LogP contribution is -2.26. The first-order valence-electron chi connectivity index (χ1n) is 5.66. The van der Waals surface area contributed by atoms with E-state index in [4.69, 9.17) is 5.26 Å². The number of phenols is 1. The fraction of sp³-hybridized carbons (Fsp3) is 0.462. The number of hydrogen-bond acceptors (Lipinski definition) is 3. The highest BCUT2D eigenvalue weighted by Crippen LogP contribution is 2.31. The van der Waals surface area contributed by atoms with Crippen LogP contribution in [0, 0.1) is 18.3 Å². The van der Waals surface area contributed by atoms with Crippen molar-refractivity contribution in [1.29, 1.82) is 5.26 Å². The molecule has 0 aromatic heterocycles. The minimum atomic E-state index is 0.125. The van der Waals surface area contributed by atoms with Gasteiger partial charge in [-0.25, -0.2) is 0 Å². The number of nitrogens with zero attached hydrogens (tertiary/aromatic N) is 1. The molecule has 0 radical (unpaired) electrons. The summed E-state index contributed by atoms with van der Waals surface area (Å²) in [6.07, 6.45) is 2.21. The Morgan fingerprint density at radius 2 is 2.06 bits per heavy atom. The summed E-state index contributed by atoms with van der Waals surface area (Å²) in [6, 6.07) is 5.89. The highest BCUT2D eigenvalue weighted by molar-refractivity contribution is 5.50. The van der Waals surface area contributed by atoms with E-state index in [0.29, 0.717) is 11.5 Å². The van der Waals surface area contributed by atoms with Crippen molar-refractivity contribution < 1.29 is 5.11 Å². The maximum atomic E-state index is 9.69. The maximum absolute atomic E-state index is 9.69. The molecule has 1 aromatic rings. The van der Waals surface area contributed by atoms with E-state index in [1.54, 1.807) is 0 Å². The van der Waals surface area contributed by atoms with Gasteiger partial charge in [-0.2, -0.15) is 5.26 Å². The quantitative estimate of drug-likeness (QED) is 0.755. The van der Waals surface area contributed by atoms with Crippen LogP contribution in [0.2, 0.25) is 0 Å². The lowest BCUT2D eigenvalue weighted by molar-refractivity contribution is 0.454. The van der Waals surface area contributed by atoms with Gasteiger partial charge >= 0.3 is 0 Å². The number of nitrogens with one attached hydrogen (secondary N) is 1. The fourth-order valence-electron chi connectivity index (χ4n) is 2.28. The summed E-state index contributed by atoms with van der Waals surface area (Å²) in [5.41, 5.74) is 2.38. The Bertz CT molecular complexity index is 428. The Labute approximate surface area is 95.7 Å². The Morgan fingerprint density at radius 1 is 1.38 bits per heavy atom. The molecule has 0 saturated carbocycles. The molecule has 3 heteroatoms. The molecule has 1 saturated heterocycles. The Hall–Kier alpha value is -1.53. The van der Waals surface area contributed by atoms with Crippen molar-refractivity contribution in [2.45, 2.75) is 25.7 Å². The standard InChI is InChI=1S/C13H16N2O/c1-9-6-11(7-12(8-14)13(9)16)10-2-4-15-5-3-10/h6-7,10,15-16H,2-5H2,1H3. The minimum Gasteiger partial charge on any atom is -0.506 e. The molecular formula is C13H16N2O. The molecule has 84 valence electrons. The molecule has 1 fully saturated rings. The van der Waals surface area contributed by atoms with Crippen LogP contribution in [0.1, 0.15) is 35.4 Å². The summed E-state index contributed by atoms with van der Waals surface area (Å²) < 4.78 is 0. The molecule has 2 rings (SSSR count). The van der Waals surface area contributed by atoms with E-state index < -0.39 is 0 Å². The van der Waals surface area contributed by atoms with Gasteiger partial charge in [-0.05, 0) is 56.0 Å². The first kappa shape index (κ1) is 11.0. The molecule has 0 amide bonds. The summed E-state index contributed by atoms with van der Waals surface area (Å²) in [5, 5.41) is 22.0. The van der Waals surface area contributed by atoms with Crippen molar-refractivity contribution in [2.75, 3.05) is 13.1 Å². The molecule has 2 N–H and O–H groups in total. The monoisotopic (exact) mass is 216 g/mol. The molecule has 0 unspecified atom stereocenters. The SMILES string of the molecule is Cc1cc(C2CCNCC2)cc(C#N)c1O. The largest absolute Gasteiger partial charge is 0.506 e. The molecule has 1 aliphatic heterocycles. The van der Waals surface area contributed by atoms with E-state index in [-0.39, 0.29) is 5.75 Å². The van der Waals surface area contributed by atoms with Crippen LogP contribution in [-0.4, -0.2) is 18.2 Å². The highest BCUT2D eigenvalue weighted by Gasteiger charge is 2.17. The third-order valence-electron chi connectivity index (χ3n) is 3.25. The third kappa shape index (κ3) is 2.02. The molecule has 16 heavy (non-hydrogen) atoms. The van der Waals surface area contributed by atoms with Crippen molar-refractivity contribution in [1.82, 2.24) is 5.32 Å². The molecule has 0 spiro atoms. The third-order valence-corrected chi connectivity index (χ3v) is 3.25.